The number of amides is 1. The molecular weight excluding hydrogens is 254 g/mol. The monoisotopic (exact) mass is 270 g/mol. The number of carbonyl (C=O) groups is 1. The van der Waals surface area contributed by atoms with Crippen molar-refractivity contribution in [2.75, 3.05) is 18.4 Å². The maximum absolute atomic E-state index is 12.1. The van der Waals surface area contributed by atoms with E-state index < -0.39 is 6.61 Å². The number of anilines is 1. The zero-order valence-electron chi connectivity index (χ0n) is 10.5. The van der Waals surface area contributed by atoms with E-state index in [4.69, 9.17) is 0 Å². The summed E-state index contributed by atoms with van der Waals surface area (Å²) >= 11 is 0. The summed E-state index contributed by atoms with van der Waals surface area (Å²) in [5.41, 5.74) is 0.460. The molecule has 4 nitrogen and oxygen atoms in total. The molecular formula is C13H16F2N2O2. The summed E-state index contributed by atoms with van der Waals surface area (Å²) in [6.45, 7) is 0.665. The number of alkyl halides is 2. The molecule has 0 bridgehead atoms. The van der Waals surface area contributed by atoms with Gasteiger partial charge in [-0.1, -0.05) is 13.0 Å². The first-order valence-corrected chi connectivity index (χ1v) is 6.12. The normalized spacial score (nSPS) is 16.8. The second-order valence-corrected chi connectivity index (χ2v) is 4.60. The highest BCUT2D eigenvalue weighted by Gasteiger charge is 2.28. The summed E-state index contributed by atoms with van der Waals surface area (Å²) in [5, 5.41) is 5.82. The predicted molar refractivity (Wildman–Crippen MR) is 67.2 cm³/mol. The molecule has 0 aliphatic carbocycles. The number of carbonyl (C=O) groups excluding carboxylic acids is 1. The summed E-state index contributed by atoms with van der Waals surface area (Å²) < 4.78 is 28.5. The minimum Gasteiger partial charge on any atom is -0.435 e. The average Bonchev–Trinajstić information content (AvgIpc) is 2.26. The van der Waals surface area contributed by atoms with Crippen molar-refractivity contribution >= 4 is 11.6 Å². The lowest BCUT2D eigenvalue weighted by Gasteiger charge is -2.31. The van der Waals surface area contributed by atoms with Crippen molar-refractivity contribution in [2.24, 2.45) is 11.8 Å². The fourth-order valence-corrected chi connectivity index (χ4v) is 1.88. The molecule has 0 spiro atoms. The van der Waals surface area contributed by atoms with Gasteiger partial charge in [-0.15, -0.1) is 0 Å². The van der Waals surface area contributed by atoms with Crippen molar-refractivity contribution in [3.8, 4) is 5.75 Å². The largest absolute Gasteiger partial charge is 0.435 e. The molecule has 2 rings (SSSR count). The number of halogens is 2. The lowest BCUT2D eigenvalue weighted by atomic mass is 9.88. The van der Waals surface area contributed by atoms with Gasteiger partial charge in [0.1, 0.15) is 5.75 Å². The molecule has 1 aliphatic rings. The van der Waals surface area contributed by atoms with Crippen molar-refractivity contribution in [3.63, 3.8) is 0 Å². The van der Waals surface area contributed by atoms with Crippen LogP contribution in [0.5, 0.6) is 5.75 Å². The molecule has 1 aromatic rings. The number of rotatable bonds is 5. The molecule has 1 fully saturated rings. The molecule has 0 radical (unpaired) electrons. The van der Waals surface area contributed by atoms with E-state index in [0.717, 1.165) is 13.1 Å². The Hall–Kier alpha value is -1.69. The third kappa shape index (κ3) is 3.64. The van der Waals surface area contributed by atoms with E-state index in [1.54, 1.807) is 12.1 Å². The van der Waals surface area contributed by atoms with Crippen molar-refractivity contribution in [2.45, 2.75) is 13.5 Å². The Morgan fingerprint density at radius 1 is 1.47 bits per heavy atom. The average molecular weight is 270 g/mol. The van der Waals surface area contributed by atoms with Crippen LogP contribution in [0.2, 0.25) is 0 Å². The molecule has 1 heterocycles. The zero-order valence-corrected chi connectivity index (χ0v) is 10.5. The van der Waals surface area contributed by atoms with Crippen molar-refractivity contribution in [1.82, 2.24) is 5.32 Å². The molecule has 1 unspecified atom stereocenters. The molecule has 1 aliphatic heterocycles. The van der Waals surface area contributed by atoms with Crippen LogP contribution in [0.4, 0.5) is 14.5 Å². The van der Waals surface area contributed by atoms with E-state index in [2.05, 4.69) is 15.4 Å². The van der Waals surface area contributed by atoms with Gasteiger partial charge in [0.2, 0.25) is 5.91 Å². The van der Waals surface area contributed by atoms with Gasteiger partial charge in [-0.05, 0) is 31.1 Å². The van der Waals surface area contributed by atoms with Gasteiger partial charge in [-0.25, -0.2) is 0 Å². The van der Waals surface area contributed by atoms with Crippen LogP contribution in [-0.4, -0.2) is 25.6 Å². The fourth-order valence-electron chi connectivity index (χ4n) is 1.88. The van der Waals surface area contributed by atoms with E-state index in [-0.39, 0.29) is 17.6 Å². The highest BCUT2D eigenvalue weighted by atomic mass is 19.3. The second kappa shape index (κ2) is 5.97. The number of hydrogen-bond acceptors (Lipinski definition) is 3. The molecule has 19 heavy (non-hydrogen) atoms. The third-order valence-electron chi connectivity index (χ3n) is 3.26. The fraction of sp³-hybridized carbons (Fsp3) is 0.462. The van der Waals surface area contributed by atoms with Gasteiger partial charge in [0.15, 0.2) is 0 Å². The summed E-state index contributed by atoms with van der Waals surface area (Å²) in [6.07, 6.45) is 0. The van der Waals surface area contributed by atoms with E-state index in [1.807, 2.05) is 6.92 Å². The van der Waals surface area contributed by atoms with Gasteiger partial charge in [0.25, 0.3) is 0 Å². The summed E-state index contributed by atoms with van der Waals surface area (Å²) in [5.74, 6) is 0.146. The van der Waals surface area contributed by atoms with Crippen LogP contribution in [0.25, 0.3) is 0 Å². The Morgan fingerprint density at radius 3 is 2.79 bits per heavy atom. The molecule has 0 aromatic heterocycles. The Bertz CT molecular complexity index is 450. The summed E-state index contributed by atoms with van der Waals surface area (Å²) in [6, 6.07) is 6.00. The van der Waals surface area contributed by atoms with E-state index in [1.165, 1.54) is 12.1 Å². The molecule has 1 aromatic carbocycles. The van der Waals surface area contributed by atoms with Crippen LogP contribution in [0.3, 0.4) is 0 Å². The SMILES string of the molecule is CC(C(=O)Nc1cccc(OC(F)F)c1)C1CNC1. The topological polar surface area (TPSA) is 50.4 Å². The van der Waals surface area contributed by atoms with Gasteiger partial charge in [-0.3, -0.25) is 4.79 Å². The van der Waals surface area contributed by atoms with Gasteiger partial charge in [-0.2, -0.15) is 8.78 Å². The standard InChI is InChI=1S/C13H16F2N2O2/c1-8(9-6-16-7-9)12(18)17-10-3-2-4-11(5-10)19-13(14)15/h2-5,8-9,13,16H,6-7H2,1H3,(H,17,18). The van der Waals surface area contributed by atoms with Crippen LogP contribution in [-0.2, 0) is 4.79 Å². The number of hydrogen-bond donors (Lipinski definition) is 2. The van der Waals surface area contributed by atoms with Gasteiger partial charge < -0.3 is 15.4 Å². The van der Waals surface area contributed by atoms with E-state index in [0.29, 0.717) is 11.6 Å². The first-order valence-electron chi connectivity index (χ1n) is 6.12. The van der Waals surface area contributed by atoms with Crippen LogP contribution < -0.4 is 15.4 Å². The minimum absolute atomic E-state index is 0.0331. The molecule has 6 heteroatoms. The van der Waals surface area contributed by atoms with E-state index >= 15 is 0 Å². The lowest BCUT2D eigenvalue weighted by Crippen LogP contribution is -2.48. The first kappa shape index (κ1) is 13.7. The maximum atomic E-state index is 12.1. The molecule has 1 amide bonds. The van der Waals surface area contributed by atoms with Crippen molar-refractivity contribution in [1.29, 1.82) is 0 Å². The zero-order chi connectivity index (χ0) is 13.8. The first-order chi connectivity index (χ1) is 9.06. The molecule has 2 N–H and O–H groups in total. The smallest absolute Gasteiger partial charge is 0.387 e. The van der Waals surface area contributed by atoms with Crippen LogP contribution in [0, 0.1) is 11.8 Å². The maximum Gasteiger partial charge on any atom is 0.387 e. The van der Waals surface area contributed by atoms with Gasteiger partial charge >= 0.3 is 6.61 Å². The van der Waals surface area contributed by atoms with Gasteiger partial charge in [0.05, 0.1) is 0 Å². The van der Waals surface area contributed by atoms with Crippen LogP contribution >= 0.6 is 0 Å². The Kier molecular flexibility index (Phi) is 4.31. The van der Waals surface area contributed by atoms with Crippen molar-refractivity contribution < 1.29 is 18.3 Å². The minimum atomic E-state index is -2.87. The van der Waals surface area contributed by atoms with Crippen LogP contribution in [0.15, 0.2) is 24.3 Å². The Morgan fingerprint density at radius 2 is 2.21 bits per heavy atom. The highest BCUT2D eigenvalue weighted by molar-refractivity contribution is 5.92. The highest BCUT2D eigenvalue weighted by Crippen LogP contribution is 2.22. The predicted octanol–water partition coefficient (Wildman–Crippen LogP) is 2.08. The number of nitrogens with one attached hydrogen (secondary N) is 2. The summed E-state index contributed by atoms with van der Waals surface area (Å²) in [7, 11) is 0. The van der Waals surface area contributed by atoms with Crippen molar-refractivity contribution in [3.05, 3.63) is 24.3 Å². The Labute approximate surface area is 110 Å². The second-order valence-electron chi connectivity index (χ2n) is 4.60. The molecule has 0 saturated carbocycles. The number of ether oxygens (including phenoxy) is 1. The van der Waals surface area contributed by atoms with E-state index in [9.17, 15) is 13.6 Å². The molecule has 1 atom stereocenters. The lowest BCUT2D eigenvalue weighted by molar-refractivity contribution is -0.121. The number of benzene rings is 1. The van der Waals surface area contributed by atoms with Crippen LogP contribution in [0.1, 0.15) is 6.92 Å². The third-order valence-corrected chi connectivity index (χ3v) is 3.26. The summed E-state index contributed by atoms with van der Waals surface area (Å²) in [4.78, 5) is 12.0. The molecule has 1 saturated heterocycles. The van der Waals surface area contributed by atoms with Gasteiger partial charge in [0, 0.05) is 17.7 Å². The quantitative estimate of drug-likeness (QED) is 0.861. The molecule has 104 valence electrons. The Balaban J connectivity index is 1.96.